The second kappa shape index (κ2) is 6.80. The summed E-state index contributed by atoms with van der Waals surface area (Å²) in [5, 5.41) is -1.12. The number of hydrogen-bond donors (Lipinski definition) is 0. The van der Waals surface area contributed by atoms with Crippen LogP contribution in [0.4, 0.5) is 4.39 Å². The quantitative estimate of drug-likeness (QED) is 0.839. The van der Waals surface area contributed by atoms with Crippen LogP contribution in [-0.2, 0) is 14.8 Å². The van der Waals surface area contributed by atoms with E-state index in [9.17, 15) is 17.6 Å². The number of amides is 1. The van der Waals surface area contributed by atoms with Crippen molar-refractivity contribution in [3.8, 4) is 0 Å². The van der Waals surface area contributed by atoms with Crippen LogP contribution in [0, 0.1) is 5.82 Å². The molecule has 7 heteroatoms. The first-order valence-electron chi connectivity index (χ1n) is 7.39. The fourth-order valence-corrected chi connectivity index (χ4v) is 4.10. The average molecular weight is 340 g/mol. The molecule has 1 aromatic carbocycles. The Morgan fingerprint density at radius 2 is 1.96 bits per heavy atom. The Morgan fingerprint density at radius 3 is 2.48 bits per heavy atom. The van der Waals surface area contributed by atoms with Crippen LogP contribution in [0.5, 0.6) is 0 Å². The maximum absolute atomic E-state index is 13.8. The smallest absolute Gasteiger partial charge is 0.241 e. The van der Waals surface area contributed by atoms with Crippen LogP contribution in [0.1, 0.15) is 18.9 Å². The van der Waals surface area contributed by atoms with Gasteiger partial charge in [-0.05, 0) is 25.0 Å². The molecule has 0 aliphatic carbocycles. The van der Waals surface area contributed by atoms with Gasteiger partial charge in [-0.3, -0.25) is 4.79 Å². The minimum atomic E-state index is -3.72. The maximum atomic E-state index is 13.8. The van der Waals surface area contributed by atoms with Crippen molar-refractivity contribution in [3.63, 3.8) is 0 Å². The fourth-order valence-electron chi connectivity index (χ4n) is 2.56. The molecule has 1 atom stereocenters. The largest absolute Gasteiger partial charge is 0.348 e. The summed E-state index contributed by atoms with van der Waals surface area (Å²) >= 11 is 0. The highest BCUT2D eigenvalue weighted by atomic mass is 32.2. The Labute approximate surface area is 136 Å². The van der Waals surface area contributed by atoms with E-state index in [1.807, 2.05) is 0 Å². The third kappa shape index (κ3) is 3.61. The lowest BCUT2D eigenvalue weighted by Gasteiger charge is -2.29. The fraction of sp³-hybridized carbons (Fsp3) is 0.438. The zero-order chi connectivity index (χ0) is 17.2. The van der Waals surface area contributed by atoms with E-state index in [1.165, 1.54) is 36.3 Å². The van der Waals surface area contributed by atoms with Gasteiger partial charge in [-0.1, -0.05) is 24.3 Å². The van der Waals surface area contributed by atoms with E-state index in [2.05, 4.69) is 0 Å². The second-order valence-electron chi connectivity index (χ2n) is 5.74. The molecule has 0 saturated carbocycles. The molecule has 0 bridgehead atoms. The summed E-state index contributed by atoms with van der Waals surface area (Å²) in [5.74, 6) is -0.764. The first-order chi connectivity index (χ1) is 10.7. The van der Waals surface area contributed by atoms with Gasteiger partial charge in [-0.15, -0.1) is 0 Å². The van der Waals surface area contributed by atoms with Gasteiger partial charge in [0.1, 0.15) is 5.82 Å². The van der Waals surface area contributed by atoms with Crippen LogP contribution >= 0.6 is 0 Å². The number of rotatable bonds is 4. The number of hydrogen-bond acceptors (Lipinski definition) is 3. The predicted molar refractivity (Wildman–Crippen MR) is 87.6 cm³/mol. The van der Waals surface area contributed by atoms with E-state index in [1.54, 1.807) is 24.3 Å². The van der Waals surface area contributed by atoms with Crippen molar-refractivity contribution in [2.45, 2.75) is 18.6 Å². The molecule has 0 radical (unpaired) electrons. The van der Waals surface area contributed by atoms with Crippen LogP contribution in [0.3, 0.4) is 0 Å². The highest BCUT2D eigenvalue weighted by Gasteiger charge is 2.35. The molecule has 0 saturated heterocycles. The molecule has 1 aliphatic rings. The Bertz CT molecular complexity index is 729. The first kappa shape index (κ1) is 17.6. The van der Waals surface area contributed by atoms with E-state index in [0.717, 1.165) is 5.57 Å². The van der Waals surface area contributed by atoms with Crippen LogP contribution in [0.15, 0.2) is 30.3 Å². The van der Waals surface area contributed by atoms with Crippen molar-refractivity contribution < 1.29 is 17.6 Å². The summed E-state index contributed by atoms with van der Waals surface area (Å²) in [4.78, 5) is 13.2. The molecular weight excluding hydrogens is 319 g/mol. The van der Waals surface area contributed by atoms with Crippen molar-refractivity contribution in [1.29, 1.82) is 0 Å². The molecule has 5 nitrogen and oxygen atoms in total. The number of halogens is 1. The molecule has 1 heterocycles. The molecule has 1 aromatic rings. The normalized spacial score (nSPS) is 17.5. The average Bonchev–Trinajstić information content (AvgIpc) is 2.54. The molecule has 2 rings (SSSR count). The van der Waals surface area contributed by atoms with Crippen molar-refractivity contribution in [2.24, 2.45) is 0 Å². The molecule has 0 fully saturated rings. The van der Waals surface area contributed by atoms with Gasteiger partial charge in [0.05, 0.1) is 0 Å². The first-order valence-corrected chi connectivity index (χ1v) is 8.89. The summed E-state index contributed by atoms with van der Waals surface area (Å²) < 4.78 is 40.1. The molecule has 0 spiro atoms. The summed E-state index contributed by atoms with van der Waals surface area (Å²) in [7, 11) is -0.661. The summed E-state index contributed by atoms with van der Waals surface area (Å²) in [6.07, 6.45) is 2.13. The molecule has 126 valence electrons. The topological polar surface area (TPSA) is 57.7 Å². The molecule has 1 amide bonds. The molecular formula is C16H21FN2O3S. The predicted octanol–water partition coefficient (Wildman–Crippen LogP) is 1.72. The zero-order valence-corrected chi connectivity index (χ0v) is 14.3. The Balaban J connectivity index is 2.17. The Hall–Kier alpha value is -1.73. The number of benzene rings is 1. The number of nitrogens with zero attached hydrogens (tertiary/aromatic N) is 2. The minimum absolute atomic E-state index is 0.150. The van der Waals surface area contributed by atoms with Crippen LogP contribution in [0.2, 0.25) is 0 Å². The van der Waals surface area contributed by atoms with Gasteiger partial charge in [-0.25, -0.2) is 12.8 Å². The van der Waals surface area contributed by atoms with Crippen molar-refractivity contribution in [1.82, 2.24) is 9.21 Å². The lowest BCUT2D eigenvalue weighted by Crippen LogP contribution is -2.46. The van der Waals surface area contributed by atoms with Crippen molar-refractivity contribution >= 4 is 21.5 Å². The van der Waals surface area contributed by atoms with E-state index >= 15 is 0 Å². The number of carbonyl (C=O) groups is 1. The highest BCUT2D eigenvalue weighted by molar-refractivity contribution is 7.90. The van der Waals surface area contributed by atoms with E-state index in [-0.39, 0.29) is 18.9 Å². The Morgan fingerprint density at radius 1 is 1.30 bits per heavy atom. The third-order valence-corrected chi connectivity index (χ3v) is 6.13. The van der Waals surface area contributed by atoms with Crippen LogP contribution in [-0.4, -0.2) is 56.0 Å². The molecule has 0 N–H and O–H groups in total. The van der Waals surface area contributed by atoms with Gasteiger partial charge in [0.25, 0.3) is 0 Å². The van der Waals surface area contributed by atoms with Gasteiger partial charge in [0.15, 0.2) is 5.25 Å². The van der Waals surface area contributed by atoms with E-state index < -0.39 is 21.2 Å². The monoisotopic (exact) mass is 340 g/mol. The second-order valence-corrected chi connectivity index (χ2v) is 7.99. The third-order valence-electron chi connectivity index (χ3n) is 3.99. The van der Waals surface area contributed by atoms with E-state index in [4.69, 9.17) is 0 Å². The molecule has 0 aromatic heterocycles. The van der Waals surface area contributed by atoms with E-state index in [0.29, 0.717) is 12.0 Å². The van der Waals surface area contributed by atoms with Gasteiger partial charge in [-0.2, -0.15) is 4.31 Å². The highest BCUT2D eigenvalue weighted by Crippen LogP contribution is 2.26. The number of carbonyl (C=O) groups excluding carboxylic acids is 1. The van der Waals surface area contributed by atoms with Crippen LogP contribution < -0.4 is 0 Å². The van der Waals surface area contributed by atoms with Crippen LogP contribution in [0.25, 0.3) is 5.57 Å². The summed E-state index contributed by atoms with van der Waals surface area (Å²) in [6.45, 7) is 1.79. The zero-order valence-electron chi connectivity index (χ0n) is 13.5. The molecule has 23 heavy (non-hydrogen) atoms. The Kier molecular flexibility index (Phi) is 5.21. The standard InChI is InChI=1S/C16H21FN2O3S/c1-12(16(20)18(2)3)23(21,22)19-10-8-13(9-11-19)14-6-4-5-7-15(14)17/h4-8,12H,9-11H2,1-3H3. The lowest BCUT2D eigenvalue weighted by atomic mass is 10.00. The van der Waals surface area contributed by atoms with Gasteiger partial charge in [0, 0.05) is 32.7 Å². The molecule has 1 aliphatic heterocycles. The maximum Gasteiger partial charge on any atom is 0.241 e. The van der Waals surface area contributed by atoms with Crippen molar-refractivity contribution in [2.75, 3.05) is 27.2 Å². The van der Waals surface area contributed by atoms with Gasteiger partial charge < -0.3 is 4.90 Å². The SMILES string of the molecule is CC(C(=O)N(C)C)S(=O)(=O)N1CC=C(c2ccccc2F)CC1. The lowest BCUT2D eigenvalue weighted by molar-refractivity contribution is -0.128. The number of sulfonamides is 1. The van der Waals surface area contributed by atoms with Gasteiger partial charge >= 0.3 is 0 Å². The van der Waals surface area contributed by atoms with Gasteiger partial charge in [0.2, 0.25) is 15.9 Å². The minimum Gasteiger partial charge on any atom is -0.348 e. The van der Waals surface area contributed by atoms with Crippen molar-refractivity contribution in [3.05, 3.63) is 41.7 Å². The molecule has 1 unspecified atom stereocenters. The summed E-state index contributed by atoms with van der Waals surface area (Å²) in [5.41, 5.74) is 1.29. The summed E-state index contributed by atoms with van der Waals surface area (Å²) in [6, 6.07) is 6.44.